The van der Waals surface area contributed by atoms with Gasteiger partial charge in [-0.3, -0.25) is 4.72 Å². The number of hydrogen-bond acceptors (Lipinski definition) is 4. The molecule has 1 N–H and O–H groups in total. The zero-order chi connectivity index (χ0) is 16.3. The van der Waals surface area contributed by atoms with Crippen molar-refractivity contribution in [3.05, 3.63) is 45.9 Å². The van der Waals surface area contributed by atoms with Crippen molar-refractivity contribution in [1.82, 2.24) is 0 Å². The first-order chi connectivity index (χ1) is 10.4. The zero-order valence-electron chi connectivity index (χ0n) is 11.8. The van der Waals surface area contributed by atoms with E-state index in [-0.39, 0.29) is 9.92 Å². The van der Waals surface area contributed by atoms with Crippen LogP contribution in [0.5, 0.6) is 11.5 Å². The summed E-state index contributed by atoms with van der Waals surface area (Å²) in [6, 6.07) is 9.27. The minimum absolute atomic E-state index is 0.00727. The van der Waals surface area contributed by atoms with Gasteiger partial charge in [0.25, 0.3) is 10.0 Å². The molecule has 0 bridgehead atoms. The Kier molecular flexibility index (Phi) is 5.20. The summed E-state index contributed by atoms with van der Waals surface area (Å²) < 4.78 is 38.2. The number of sulfonamides is 1. The molecular weight excluding hydrogens is 394 g/mol. The molecule has 0 aliphatic rings. The molecule has 0 saturated carbocycles. The molecule has 2 aromatic rings. The quantitative estimate of drug-likeness (QED) is 0.817. The highest BCUT2D eigenvalue weighted by Gasteiger charge is 2.19. The lowest BCUT2D eigenvalue weighted by atomic mass is 10.3. The average Bonchev–Trinajstić information content (AvgIpc) is 2.46. The fourth-order valence-electron chi connectivity index (χ4n) is 1.80. The number of anilines is 1. The summed E-state index contributed by atoms with van der Waals surface area (Å²) in [5.74, 6) is 0.928. The second kappa shape index (κ2) is 6.76. The Bertz CT molecular complexity index is 795. The van der Waals surface area contributed by atoms with Crippen molar-refractivity contribution in [2.75, 3.05) is 18.9 Å². The van der Waals surface area contributed by atoms with Crippen LogP contribution < -0.4 is 14.2 Å². The van der Waals surface area contributed by atoms with Crippen molar-refractivity contribution in [1.29, 1.82) is 0 Å². The van der Waals surface area contributed by atoms with E-state index in [2.05, 4.69) is 20.7 Å². The van der Waals surface area contributed by atoms with Crippen molar-refractivity contribution in [2.24, 2.45) is 0 Å². The summed E-state index contributed by atoms with van der Waals surface area (Å²) in [6.07, 6.45) is 0. The number of nitrogens with one attached hydrogen (secondary N) is 1. The lowest BCUT2D eigenvalue weighted by Crippen LogP contribution is -2.13. The van der Waals surface area contributed by atoms with Crippen molar-refractivity contribution in [2.45, 2.75) is 4.90 Å². The molecule has 0 spiro atoms. The summed E-state index contributed by atoms with van der Waals surface area (Å²) in [6.45, 7) is 0. The molecule has 5 nitrogen and oxygen atoms in total. The van der Waals surface area contributed by atoms with E-state index in [1.807, 2.05) is 0 Å². The van der Waals surface area contributed by atoms with Gasteiger partial charge in [-0.2, -0.15) is 0 Å². The maximum atomic E-state index is 12.4. The second-order valence-corrected chi connectivity index (χ2v) is 7.22. The molecule has 0 fully saturated rings. The third-order valence-corrected chi connectivity index (χ3v) is 5.18. The van der Waals surface area contributed by atoms with E-state index in [4.69, 9.17) is 21.1 Å². The Balaban J connectivity index is 2.36. The largest absolute Gasteiger partial charge is 0.493 e. The Morgan fingerprint density at radius 1 is 1.05 bits per heavy atom. The van der Waals surface area contributed by atoms with Crippen LogP contribution in [0.15, 0.2) is 45.8 Å². The van der Waals surface area contributed by atoms with Crippen LogP contribution >= 0.6 is 27.5 Å². The maximum absolute atomic E-state index is 12.4. The van der Waals surface area contributed by atoms with Crippen molar-refractivity contribution in [3.8, 4) is 11.5 Å². The van der Waals surface area contributed by atoms with E-state index in [0.717, 1.165) is 0 Å². The van der Waals surface area contributed by atoms with Crippen molar-refractivity contribution < 1.29 is 17.9 Å². The number of methoxy groups -OCH3 is 2. The lowest BCUT2D eigenvalue weighted by molar-refractivity contribution is 0.355. The van der Waals surface area contributed by atoms with Crippen molar-refractivity contribution >= 4 is 43.2 Å². The van der Waals surface area contributed by atoms with Gasteiger partial charge < -0.3 is 9.47 Å². The molecule has 0 heterocycles. The molecule has 0 aliphatic heterocycles. The molecule has 118 valence electrons. The van der Waals surface area contributed by atoms with Gasteiger partial charge in [-0.25, -0.2) is 8.42 Å². The highest BCUT2D eigenvalue weighted by molar-refractivity contribution is 9.10. The summed E-state index contributed by atoms with van der Waals surface area (Å²) >= 11 is 9.23. The first-order valence-electron chi connectivity index (χ1n) is 6.07. The van der Waals surface area contributed by atoms with Crippen LogP contribution in [0.3, 0.4) is 0 Å². The van der Waals surface area contributed by atoms with Gasteiger partial charge in [0.15, 0.2) is 11.5 Å². The zero-order valence-corrected chi connectivity index (χ0v) is 14.9. The number of hydrogen-bond donors (Lipinski definition) is 1. The normalized spacial score (nSPS) is 11.1. The molecule has 0 saturated heterocycles. The van der Waals surface area contributed by atoms with E-state index in [0.29, 0.717) is 21.7 Å². The van der Waals surface area contributed by atoms with Gasteiger partial charge in [-0.1, -0.05) is 27.5 Å². The van der Waals surface area contributed by atoms with Gasteiger partial charge in [0.1, 0.15) is 4.90 Å². The highest BCUT2D eigenvalue weighted by Crippen LogP contribution is 2.32. The molecule has 0 aromatic heterocycles. The molecule has 0 unspecified atom stereocenters. The molecule has 0 aliphatic carbocycles. The predicted molar refractivity (Wildman–Crippen MR) is 89.5 cm³/mol. The minimum Gasteiger partial charge on any atom is -0.493 e. The van der Waals surface area contributed by atoms with E-state index in [9.17, 15) is 8.42 Å². The molecule has 22 heavy (non-hydrogen) atoms. The molecule has 0 amide bonds. The SMILES string of the molecule is COc1ccc(NS(=O)(=O)c2ccc(Br)cc2Cl)cc1OC. The fraction of sp³-hybridized carbons (Fsp3) is 0.143. The number of benzene rings is 2. The minimum atomic E-state index is -3.80. The van der Waals surface area contributed by atoms with Gasteiger partial charge in [0.05, 0.1) is 24.9 Å². The first kappa shape index (κ1) is 16.9. The van der Waals surface area contributed by atoms with Gasteiger partial charge >= 0.3 is 0 Å². The highest BCUT2D eigenvalue weighted by atomic mass is 79.9. The Morgan fingerprint density at radius 3 is 2.32 bits per heavy atom. The topological polar surface area (TPSA) is 64.6 Å². The third-order valence-electron chi connectivity index (χ3n) is 2.82. The van der Waals surface area contributed by atoms with Crippen LogP contribution in [0.4, 0.5) is 5.69 Å². The van der Waals surface area contributed by atoms with Crippen LogP contribution in [0.25, 0.3) is 0 Å². The van der Waals surface area contributed by atoms with Crippen LogP contribution in [0.1, 0.15) is 0 Å². The molecule has 8 heteroatoms. The van der Waals surface area contributed by atoms with E-state index in [1.54, 1.807) is 18.2 Å². The molecule has 0 atom stereocenters. The summed E-state index contributed by atoms with van der Waals surface area (Å²) in [5, 5.41) is 0.127. The summed E-state index contributed by atoms with van der Waals surface area (Å²) in [5.41, 5.74) is 0.344. The molecular formula is C14H13BrClNO4S. The van der Waals surface area contributed by atoms with Crippen LogP contribution in [-0.2, 0) is 10.0 Å². The van der Waals surface area contributed by atoms with E-state index < -0.39 is 10.0 Å². The number of ether oxygens (including phenoxy) is 2. The van der Waals surface area contributed by atoms with Crippen molar-refractivity contribution in [3.63, 3.8) is 0 Å². The lowest BCUT2D eigenvalue weighted by Gasteiger charge is -2.12. The summed E-state index contributed by atoms with van der Waals surface area (Å²) in [7, 11) is -0.827. The Labute approximate surface area is 142 Å². The average molecular weight is 407 g/mol. The van der Waals surface area contributed by atoms with Gasteiger partial charge in [-0.05, 0) is 30.3 Å². The van der Waals surface area contributed by atoms with Gasteiger partial charge in [-0.15, -0.1) is 0 Å². The monoisotopic (exact) mass is 405 g/mol. The van der Waals surface area contributed by atoms with E-state index in [1.165, 1.54) is 32.4 Å². The number of rotatable bonds is 5. The van der Waals surface area contributed by atoms with Gasteiger partial charge in [0.2, 0.25) is 0 Å². The fourth-order valence-corrected chi connectivity index (χ4v) is 3.89. The third kappa shape index (κ3) is 3.66. The van der Waals surface area contributed by atoms with E-state index >= 15 is 0 Å². The van der Waals surface area contributed by atoms with Crippen LogP contribution in [-0.4, -0.2) is 22.6 Å². The van der Waals surface area contributed by atoms with Crippen LogP contribution in [0.2, 0.25) is 5.02 Å². The smallest absolute Gasteiger partial charge is 0.263 e. The summed E-state index contributed by atoms with van der Waals surface area (Å²) in [4.78, 5) is -0.00727. The maximum Gasteiger partial charge on any atom is 0.263 e. The predicted octanol–water partition coefficient (Wildman–Crippen LogP) is 3.92. The standard InChI is InChI=1S/C14H13BrClNO4S/c1-20-12-5-4-10(8-13(12)21-2)17-22(18,19)14-6-3-9(15)7-11(14)16/h3-8,17H,1-2H3. The number of halogens is 2. The Morgan fingerprint density at radius 2 is 1.73 bits per heavy atom. The second-order valence-electron chi connectivity index (χ2n) is 4.25. The molecule has 2 rings (SSSR count). The first-order valence-corrected chi connectivity index (χ1v) is 8.72. The Hall–Kier alpha value is -1.44. The van der Waals surface area contributed by atoms with Gasteiger partial charge in [0, 0.05) is 10.5 Å². The molecule has 2 aromatic carbocycles. The van der Waals surface area contributed by atoms with Crippen LogP contribution in [0, 0.1) is 0 Å². The molecule has 0 radical (unpaired) electrons.